The fourth-order valence-corrected chi connectivity index (χ4v) is 1.86. The highest BCUT2D eigenvalue weighted by atomic mass is 32.1. The Bertz CT molecular complexity index is 203. The lowest BCUT2D eigenvalue weighted by molar-refractivity contribution is 0.575. The highest BCUT2D eigenvalue weighted by Crippen LogP contribution is 2.16. The standard InChI is InChI=1S/C7H11N3S/c1-2-4-10(5-3-1)7-6-8-11-9-7/h6H,1-5H2. The molecule has 1 aromatic heterocycles. The van der Waals surface area contributed by atoms with E-state index in [2.05, 4.69) is 13.6 Å². The summed E-state index contributed by atoms with van der Waals surface area (Å²) in [6.07, 6.45) is 5.83. The molecule has 0 aliphatic carbocycles. The molecule has 1 aliphatic rings. The molecule has 4 heteroatoms. The van der Waals surface area contributed by atoms with E-state index in [0.29, 0.717) is 0 Å². The number of rotatable bonds is 1. The molecule has 1 aromatic rings. The maximum Gasteiger partial charge on any atom is 0.162 e. The van der Waals surface area contributed by atoms with Crippen molar-refractivity contribution < 1.29 is 0 Å². The lowest BCUT2D eigenvalue weighted by atomic mass is 10.1. The molecule has 0 aromatic carbocycles. The minimum Gasteiger partial charge on any atom is -0.354 e. The van der Waals surface area contributed by atoms with Crippen LogP contribution >= 0.6 is 11.7 Å². The Labute approximate surface area is 70.4 Å². The molecule has 0 bridgehead atoms. The number of anilines is 1. The van der Waals surface area contributed by atoms with Crippen LogP contribution in [0.15, 0.2) is 6.20 Å². The van der Waals surface area contributed by atoms with Gasteiger partial charge in [-0.25, -0.2) is 0 Å². The summed E-state index contributed by atoms with van der Waals surface area (Å²) >= 11 is 1.29. The second-order valence-electron chi connectivity index (χ2n) is 2.81. The summed E-state index contributed by atoms with van der Waals surface area (Å²) in [6.45, 7) is 2.32. The van der Waals surface area contributed by atoms with Crippen molar-refractivity contribution in [3.8, 4) is 0 Å². The van der Waals surface area contributed by atoms with Gasteiger partial charge in [-0.3, -0.25) is 0 Å². The van der Waals surface area contributed by atoms with Gasteiger partial charge >= 0.3 is 0 Å². The Morgan fingerprint density at radius 2 is 2.09 bits per heavy atom. The van der Waals surface area contributed by atoms with Crippen molar-refractivity contribution in [1.29, 1.82) is 0 Å². The van der Waals surface area contributed by atoms with E-state index in [0.717, 1.165) is 18.9 Å². The smallest absolute Gasteiger partial charge is 0.162 e. The molecule has 0 unspecified atom stereocenters. The van der Waals surface area contributed by atoms with Crippen LogP contribution in [0.4, 0.5) is 5.82 Å². The third-order valence-corrected chi connectivity index (χ3v) is 2.50. The first-order valence-electron chi connectivity index (χ1n) is 3.99. The van der Waals surface area contributed by atoms with Crippen LogP contribution in [-0.4, -0.2) is 21.8 Å². The minimum atomic E-state index is 1.06. The van der Waals surface area contributed by atoms with Crippen molar-refractivity contribution in [3.63, 3.8) is 0 Å². The Morgan fingerprint density at radius 3 is 2.73 bits per heavy atom. The van der Waals surface area contributed by atoms with Crippen LogP contribution in [0, 0.1) is 0 Å². The summed E-state index contributed by atoms with van der Waals surface area (Å²) < 4.78 is 8.18. The van der Waals surface area contributed by atoms with Crippen molar-refractivity contribution >= 4 is 17.5 Å². The number of aromatic nitrogens is 2. The normalized spacial score (nSPS) is 18.7. The first kappa shape index (κ1) is 7.03. The fourth-order valence-electron chi connectivity index (χ4n) is 1.42. The van der Waals surface area contributed by atoms with Crippen molar-refractivity contribution in [2.75, 3.05) is 18.0 Å². The third-order valence-electron chi connectivity index (χ3n) is 2.03. The van der Waals surface area contributed by atoms with Crippen molar-refractivity contribution in [3.05, 3.63) is 6.20 Å². The molecule has 0 radical (unpaired) electrons. The Kier molecular flexibility index (Phi) is 2.03. The van der Waals surface area contributed by atoms with E-state index in [4.69, 9.17) is 0 Å². The van der Waals surface area contributed by atoms with Crippen LogP contribution in [0.25, 0.3) is 0 Å². The van der Waals surface area contributed by atoms with Gasteiger partial charge in [0, 0.05) is 13.1 Å². The van der Waals surface area contributed by atoms with Crippen molar-refractivity contribution in [1.82, 2.24) is 8.75 Å². The van der Waals surface area contributed by atoms with Gasteiger partial charge in [-0.05, 0) is 19.3 Å². The summed E-state index contributed by atoms with van der Waals surface area (Å²) in [5.41, 5.74) is 0. The molecule has 1 aliphatic heterocycles. The summed E-state index contributed by atoms with van der Waals surface area (Å²) in [7, 11) is 0. The second-order valence-corrected chi connectivity index (χ2v) is 3.37. The SMILES string of the molecule is c1nsnc1N1CCCCC1. The molecule has 11 heavy (non-hydrogen) atoms. The number of hydrogen-bond acceptors (Lipinski definition) is 4. The van der Waals surface area contributed by atoms with Gasteiger partial charge in [-0.2, -0.15) is 8.75 Å². The van der Waals surface area contributed by atoms with Gasteiger partial charge in [-0.15, -0.1) is 0 Å². The van der Waals surface area contributed by atoms with Crippen LogP contribution in [0.2, 0.25) is 0 Å². The molecule has 0 saturated carbocycles. The highest BCUT2D eigenvalue weighted by Gasteiger charge is 2.11. The molecular formula is C7H11N3S. The van der Waals surface area contributed by atoms with Gasteiger partial charge in [0.2, 0.25) is 0 Å². The van der Waals surface area contributed by atoms with Gasteiger partial charge in [0.15, 0.2) is 5.82 Å². The van der Waals surface area contributed by atoms with E-state index in [1.54, 1.807) is 0 Å². The lowest BCUT2D eigenvalue weighted by Gasteiger charge is -2.25. The number of nitrogens with zero attached hydrogens (tertiary/aromatic N) is 3. The fraction of sp³-hybridized carbons (Fsp3) is 0.714. The van der Waals surface area contributed by atoms with E-state index in [9.17, 15) is 0 Å². The predicted octanol–water partition coefficient (Wildman–Crippen LogP) is 1.53. The van der Waals surface area contributed by atoms with Gasteiger partial charge in [0.05, 0.1) is 17.9 Å². The summed E-state index contributed by atoms with van der Waals surface area (Å²) in [6, 6.07) is 0. The molecule has 0 atom stereocenters. The molecule has 1 fully saturated rings. The van der Waals surface area contributed by atoms with Crippen LogP contribution < -0.4 is 4.90 Å². The van der Waals surface area contributed by atoms with Gasteiger partial charge in [-0.1, -0.05) is 0 Å². The number of hydrogen-bond donors (Lipinski definition) is 0. The topological polar surface area (TPSA) is 29.0 Å². The molecule has 2 rings (SSSR count). The molecule has 60 valence electrons. The van der Waals surface area contributed by atoms with Crippen LogP contribution in [0.1, 0.15) is 19.3 Å². The molecule has 3 nitrogen and oxygen atoms in total. The minimum absolute atomic E-state index is 1.06. The summed E-state index contributed by atoms with van der Waals surface area (Å²) in [5, 5.41) is 0. The molecule has 0 spiro atoms. The van der Waals surface area contributed by atoms with Gasteiger partial charge in [0.1, 0.15) is 0 Å². The molecule has 0 N–H and O–H groups in total. The quantitative estimate of drug-likeness (QED) is 0.638. The zero-order valence-corrected chi connectivity index (χ0v) is 7.18. The largest absolute Gasteiger partial charge is 0.354 e. The molecular weight excluding hydrogens is 158 g/mol. The van der Waals surface area contributed by atoms with Crippen LogP contribution in [0.5, 0.6) is 0 Å². The van der Waals surface area contributed by atoms with E-state index in [1.165, 1.54) is 31.0 Å². The molecule has 2 heterocycles. The van der Waals surface area contributed by atoms with Crippen molar-refractivity contribution in [2.45, 2.75) is 19.3 Å². The highest BCUT2D eigenvalue weighted by molar-refractivity contribution is 6.99. The van der Waals surface area contributed by atoms with E-state index in [-0.39, 0.29) is 0 Å². The summed E-state index contributed by atoms with van der Waals surface area (Å²) in [4.78, 5) is 2.31. The average Bonchev–Trinajstić information content (AvgIpc) is 2.58. The summed E-state index contributed by atoms with van der Waals surface area (Å²) in [5.74, 6) is 1.06. The monoisotopic (exact) mass is 169 g/mol. The first-order valence-corrected chi connectivity index (χ1v) is 4.72. The maximum absolute atomic E-state index is 4.20. The van der Waals surface area contributed by atoms with Crippen LogP contribution in [-0.2, 0) is 0 Å². The number of piperidine rings is 1. The second kappa shape index (κ2) is 3.17. The first-order chi connectivity index (χ1) is 5.47. The molecule has 1 saturated heterocycles. The molecule has 0 amide bonds. The third kappa shape index (κ3) is 1.50. The van der Waals surface area contributed by atoms with E-state index < -0.39 is 0 Å². The zero-order chi connectivity index (χ0) is 7.52. The zero-order valence-electron chi connectivity index (χ0n) is 6.36. The predicted molar refractivity (Wildman–Crippen MR) is 46.0 cm³/mol. The van der Waals surface area contributed by atoms with E-state index >= 15 is 0 Å². The average molecular weight is 169 g/mol. The maximum atomic E-state index is 4.20. The lowest BCUT2D eigenvalue weighted by Crippen LogP contribution is -2.29. The van der Waals surface area contributed by atoms with E-state index in [1.807, 2.05) is 6.20 Å². The Balaban J connectivity index is 2.04. The van der Waals surface area contributed by atoms with Crippen LogP contribution in [0.3, 0.4) is 0 Å². The van der Waals surface area contributed by atoms with Gasteiger partial charge in [0.25, 0.3) is 0 Å². The Morgan fingerprint density at radius 1 is 1.27 bits per heavy atom. The Hall–Kier alpha value is -0.640. The van der Waals surface area contributed by atoms with Crippen molar-refractivity contribution in [2.24, 2.45) is 0 Å². The van der Waals surface area contributed by atoms with Gasteiger partial charge < -0.3 is 4.90 Å².